The molecule has 0 radical (unpaired) electrons. The number of nitrogens with zero attached hydrogens (tertiary/aromatic N) is 2. The molecule has 1 unspecified atom stereocenters. The zero-order valence-corrected chi connectivity index (χ0v) is 11.8. The third-order valence-electron chi connectivity index (χ3n) is 2.33. The molecule has 2 rings (SSSR count). The maximum Gasteiger partial charge on any atom is 0.240 e. The molecule has 0 aromatic carbocycles. The van der Waals surface area contributed by atoms with Crippen LogP contribution in [-0.2, 0) is 9.59 Å². The highest BCUT2D eigenvalue weighted by Gasteiger charge is 2.31. The quantitative estimate of drug-likeness (QED) is 0.639. The Morgan fingerprint density at radius 3 is 3.00 bits per heavy atom. The first-order chi connectivity index (χ1) is 9.06. The molecule has 19 heavy (non-hydrogen) atoms. The summed E-state index contributed by atoms with van der Waals surface area (Å²) >= 11 is 2.74. The molecule has 2 heterocycles. The number of carbonyl (C=O) groups excluding carboxylic acids is 2. The molecule has 1 saturated heterocycles. The molecule has 1 aromatic heterocycles. The molecule has 1 aliphatic heterocycles. The number of nitrogens with two attached hydrogens (primary N) is 1. The van der Waals surface area contributed by atoms with Gasteiger partial charge in [-0.05, 0) is 18.4 Å². The molecule has 2 amide bonds. The van der Waals surface area contributed by atoms with Crippen LogP contribution in [0.4, 0.5) is 0 Å². The van der Waals surface area contributed by atoms with Crippen LogP contribution >= 0.6 is 23.1 Å². The third-order valence-corrected chi connectivity index (χ3v) is 4.38. The second-order valence-electron chi connectivity index (χ2n) is 3.83. The molecule has 3 N–H and O–H groups in total. The third kappa shape index (κ3) is 3.65. The zero-order valence-electron chi connectivity index (χ0n) is 10.1. The van der Waals surface area contributed by atoms with Crippen LogP contribution < -0.4 is 11.1 Å². The second kappa shape index (κ2) is 5.98. The predicted octanol–water partition coefficient (Wildman–Crippen LogP) is 0.935. The molecular weight excluding hydrogens is 284 g/mol. The van der Waals surface area contributed by atoms with Gasteiger partial charge in [-0.1, -0.05) is 17.8 Å². The summed E-state index contributed by atoms with van der Waals surface area (Å²) < 4.78 is 0. The number of primary amides is 1. The average Bonchev–Trinajstić information content (AvgIpc) is 2.96. The van der Waals surface area contributed by atoms with E-state index < -0.39 is 11.2 Å². The molecule has 0 aliphatic carbocycles. The van der Waals surface area contributed by atoms with E-state index in [1.165, 1.54) is 11.8 Å². The molecule has 0 saturated carbocycles. The number of hydrogen-bond acceptors (Lipinski definition) is 6. The van der Waals surface area contributed by atoms with Crippen molar-refractivity contribution in [1.82, 2.24) is 5.32 Å². The normalized spacial score (nSPS) is 21.7. The Morgan fingerprint density at radius 1 is 1.58 bits per heavy atom. The smallest absolute Gasteiger partial charge is 0.240 e. The first-order valence-corrected chi connectivity index (χ1v) is 7.24. The Morgan fingerprint density at radius 2 is 2.37 bits per heavy atom. The molecule has 100 valence electrons. The Labute approximate surface area is 118 Å². The van der Waals surface area contributed by atoms with Crippen molar-refractivity contribution in [1.29, 1.82) is 0 Å². The van der Waals surface area contributed by atoms with Gasteiger partial charge in [-0.25, -0.2) is 0 Å². The first kappa shape index (κ1) is 13.8. The Hall–Kier alpha value is -1.67. The molecule has 1 aromatic rings. The summed E-state index contributed by atoms with van der Waals surface area (Å²) in [6.07, 6.45) is 0.00312. The SMILES string of the molecule is C/C(=N\N=C1/NC(=O)C(CC(N)=O)S1)c1cccs1. The van der Waals surface area contributed by atoms with Crippen molar-refractivity contribution in [3.8, 4) is 0 Å². The standard InChI is InChI=1S/C11H12N4O2S2/c1-6(7-3-2-4-18-7)14-15-11-13-10(17)8(19-11)5-9(12)16/h2-4,8H,5H2,1H3,(H2,12,16)(H,13,15,17)/b14-6+. The topological polar surface area (TPSA) is 96.9 Å². The summed E-state index contributed by atoms with van der Waals surface area (Å²) in [6.45, 7) is 1.85. The minimum atomic E-state index is -0.507. The Kier molecular flexibility index (Phi) is 4.33. The summed E-state index contributed by atoms with van der Waals surface area (Å²) in [7, 11) is 0. The van der Waals surface area contributed by atoms with Gasteiger partial charge in [-0.2, -0.15) is 5.10 Å². The minimum absolute atomic E-state index is 0.00312. The molecule has 1 atom stereocenters. The Balaban J connectivity index is 2.04. The number of amides is 2. The average molecular weight is 296 g/mol. The molecule has 1 fully saturated rings. The summed E-state index contributed by atoms with van der Waals surface area (Å²) in [4.78, 5) is 23.3. The molecule has 0 bridgehead atoms. The Bertz CT molecular complexity index is 551. The highest BCUT2D eigenvalue weighted by Crippen LogP contribution is 2.22. The number of nitrogens with one attached hydrogen (secondary N) is 1. The summed E-state index contributed by atoms with van der Waals surface area (Å²) in [5.41, 5.74) is 5.84. The maximum atomic E-state index is 11.5. The van der Waals surface area contributed by atoms with Crippen molar-refractivity contribution < 1.29 is 9.59 Å². The summed E-state index contributed by atoms with van der Waals surface area (Å²) in [5.74, 6) is -0.765. The second-order valence-corrected chi connectivity index (χ2v) is 5.97. The predicted molar refractivity (Wildman–Crippen MR) is 77.3 cm³/mol. The van der Waals surface area contributed by atoms with E-state index in [0.717, 1.165) is 10.6 Å². The van der Waals surface area contributed by atoms with E-state index >= 15 is 0 Å². The van der Waals surface area contributed by atoms with E-state index in [9.17, 15) is 9.59 Å². The van der Waals surface area contributed by atoms with Crippen LogP contribution in [0.2, 0.25) is 0 Å². The van der Waals surface area contributed by atoms with Gasteiger partial charge in [0.15, 0.2) is 5.17 Å². The molecule has 0 spiro atoms. The number of rotatable bonds is 4. The lowest BCUT2D eigenvalue weighted by atomic mass is 10.3. The van der Waals surface area contributed by atoms with Gasteiger partial charge in [-0.15, -0.1) is 16.4 Å². The number of hydrogen-bond donors (Lipinski definition) is 2. The van der Waals surface area contributed by atoms with Crippen LogP contribution in [0.3, 0.4) is 0 Å². The van der Waals surface area contributed by atoms with Crippen LogP contribution in [0.25, 0.3) is 0 Å². The molecule has 8 heteroatoms. The summed E-state index contributed by atoms with van der Waals surface area (Å²) in [6, 6.07) is 3.88. The van der Waals surface area contributed by atoms with Gasteiger partial charge < -0.3 is 11.1 Å². The van der Waals surface area contributed by atoms with Crippen molar-refractivity contribution in [2.75, 3.05) is 0 Å². The van der Waals surface area contributed by atoms with Crippen LogP contribution in [0.1, 0.15) is 18.2 Å². The van der Waals surface area contributed by atoms with Crippen LogP contribution in [-0.4, -0.2) is 27.9 Å². The highest BCUT2D eigenvalue weighted by atomic mass is 32.2. The van der Waals surface area contributed by atoms with Gasteiger partial charge in [0.1, 0.15) is 5.25 Å². The van der Waals surface area contributed by atoms with Crippen LogP contribution in [0.5, 0.6) is 0 Å². The lowest BCUT2D eigenvalue weighted by Crippen LogP contribution is -2.28. The largest absolute Gasteiger partial charge is 0.370 e. The van der Waals surface area contributed by atoms with E-state index in [-0.39, 0.29) is 12.3 Å². The van der Waals surface area contributed by atoms with Gasteiger partial charge >= 0.3 is 0 Å². The number of amidine groups is 1. The highest BCUT2D eigenvalue weighted by molar-refractivity contribution is 8.15. The van der Waals surface area contributed by atoms with E-state index in [1.807, 2.05) is 24.4 Å². The lowest BCUT2D eigenvalue weighted by molar-refractivity contribution is -0.123. The van der Waals surface area contributed by atoms with Crippen molar-refractivity contribution in [3.05, 3.63) is 22.4 Å². The first-order valence-electron chi connectivity index (χ1n) is 5.48. The molecular formula is C11H12N4O2S2. The molecule has 1 aliphatic rings. The van der Waals surface area contributed by atoms with Gasteiger partial charge in [-0.3, -0.25) is 9.59 Å². The van der Waals surface area contributed by atoms with Gasteiger partial charge in [0, 0.05) is 6.42 Å². The fraction of sp³-hybridized carbons (Fsp3) is 0.273. The van der Waals surface area contributed by atoms with Crippen molar-refractivity contribution in [2.24, 2.45) is 15.9 Å². The van der Waals surface area contributed by atoms with E-state index in [0.29, 0.717) is 5.17 Å². The summed E-state index contributed by atoms with van der Waals surface area (Å²) in [5, 5.41) is 12.5. The van der Waals surface area contributed by atoms with Crippen LogP contribution in [0, 0.1) is 0 Å². The number of thioether (sulfide) groups is 1. The monoisotopic (exact) mass is 296 g/mol. The van der Waals surface area contributed by atoms with Crippen molar-refractivity contribution in [3.63, 3.8) is 0 Å². The van der Waals surface area contributed by atoms with Gasteiger partial charge in [0.25, 0.3) is 0 Å². The van der Waals surface area contributed by atoms with Crippen LogP contribution in [0.15, 0.2) is 27.7 Å². The fourth-order valence-corrected chi connectivity index (χ4v) is 3.03. The maximum absolute atomic E-state index is 11.5. The lowest BCUT2D eigenvalue weighted by Gasteiger charge is -1.98. The van der Waals surface area contributed by atoms with E-state index in [4.69, 9.17) is 5.73 Å². The van der Waals surface area contributed by atoms with Crippen molar-refractivity contribution in [2.45, 2.75) is 18.6 Å². The van der Waals surface area contributed by atoms with Gasteiger partial charge in [0.05, 0.1) is 10.6 Å². The van der Waals surface area contributed by atoms with Crippen molar-refractivity contribution >= 4 is 45.8 Å². The van der Waals surface area contributed by atoms with E-state index in [2.05, 4.69) is 15.5 Å². The number of thiophene rings is 1. The minimum Gasteiger partial charge on any atom is -0.370 e. The zero-order chi connectivity index (χ0) is 13.8. The van der Waals surface area contributed by atoms with E-state index in [1.54, 1.807) is 11.3 Å². The van der Waals surface area contributed by atoms with Gasteiger partial charge in [0.2, 0.25) is 11.8 Å². The molecule has 6 nitrogen and oxygen atoms in total. The number of carbonyl (C=O) groups is 2. The fourth-order valence-electron chi connectivity index (χ4n) is 1.42.